The van der Waals surface area contributed by atoms with Gasteiger partial charge in [-0.05, 0) is 43.9 Å². The Balaban J connectivity index is 2.12. The van der Waals surface area contributed by atoms with Crippen LogP contribution in [-0.4, -0.2) is 18.0 Å². The molecule has 1 aromatic rings. The Morgan fingerprint density at radius 3 is 2.61 bits per heavy atom. The smallest absolute Gasteiger partial charge is 0.123 e. The maximum absolute atomic E-state index is 12.9. The summed E-state index contributed by atoms with van der Waals surface area (Å²) in [4.78, 5) is 2.48. The third-order valence-electron chi connectivity index (χ3n) is 3.87. The standard InChI is InChI=1S/C16H22FN/c1-4-14-9-12(2)10-18(11-14)13(3)15-5-7-16(17)8-6-15/h4-8,12-13H,9-11H2,1-3H3/b14-4+/t12-,13-/m0/s1. The molecular weight excluding hydrogens is 225 g/mol. The summed E-state index contributed by atoms with van der Waals surface area (Å²) in [5, 5.41) is 0. The van der Waals surface area contributed by atoms with E-state index in [9.17, 15) is 4.39 Å². The van der Waals surface area contributed by atoms with Gasteiger partial charge in [0.25, 0.3) is 0 Å². The Hall–Kier alpha value is -1.15. The highest BCUT2D eigenvalue weighted by Crippen LogP contribution is 2.28. The van der Waals surface area contributed by atoms with Gasteiger partial charge in [-0.2, -0.15) is 0 Å². The number of piperidine rings is 1. The summed E-state index contributed by atoms with van der Waals surface area (Å²) in [7, 11) is 0. The molecule has 2 atom stereocenters. The van der Waals surface area contributed by atoms with Crippen LogP contribution in [0.15, 0.2) is 35.9 Å². The minimum absolute atomic E-state index is 0.160. The minimum Gasteiger partial charge on any atom is -0.292 e. The summed E-state index contributed by atoms with van der Waals surface area (Å²) in [6.45, 7) is 8.79. The highest BCUT2D eigenvalue weighted by atomic mass is 19.1. The van der Waals surface area contributed by atoms with Gasteiger partial charge in [0.1, 0.15) is 5.82 Å². The van der Waals surface area contributed by atoms with Gasteiger partial charge in [-0.3, -0.25) is 4.90 Å². The van der Waals surface area contributed by atoms with Crippen molar-refractivity contribution in [2.24, 2.45) is 5.92 Å². The molecule has 2 heteroatoms. The fraction of sp³-hybridized carbons (Fsp3) is 0.500. The first-order valence-electron chi connectivity index (χ1n) is 6.73. The van der Waals surface area contributed by atoms with E-state index in [4.69, 9.17) is 0 Å². The van der Waals surface area contributed by atoms with Gasteiger partial charge >= 0.3 is 0 Å². The van der Waals surface area contributed by atoms with Crippen LogP contribution in [0.2, 0.25) is 0 Å². The van der Waals surface area contributed by atoms with Crippen molar-refractivity contribution in [3.8, 4) is 0 Å². The third-order valence-corrected chi connectivity index (χ3v) is 3.87. The Kier molecular flexibility index (Phi) is 4.18. The number of benzene rings is 1. The molecule has 1 aliphatic heterocycles. The molecule has 0 amide bonds. The van der Waals surface area contributed by atoms with E-state index in [1.54, 1.807) is 12.1 Å². The summed E-state index contributed by atoms with van der Waals surface area (Å²) in [5.74, 6) is 0.542. The van der Waals surface area contributed by atoms with Crippen molar-refractivity contribution in [1.82, 2.24) is 4.90 Å². The third kappa shape index (κ3) is 2.99. The Labute approximate surface area is 109 Å². The van der Waals surface area contributed by atoms with Crippen LogP contribution in [0.5, 0.6) is 0 Å². The van der Waals surface area contributed by atoms with Gasteiger partial charge in [-0.15, -0.1) is 0 Å². The van der Waals surface area contributed by atoms with Crippen LogP contribution in [0.3, 0.4) is 0 Å². The Morgan fingerprint density at radius 1 is 1.33 bits per heavy atom. The van der Waals surface area contributed by atoms with Crippen LogP contribution in [0.4, 0.5) is 4.39 Å². The van der Waals surface area contributed by atoms with Crippen LogP contribution in [0, 0.1) is 11.7 Å². The molecule has 0 aliphatic carbocycles. The average molecular weight is 247 g/mol. The predicted octanol–water partition coefficient (Wildman–Crippen LogP) is 4.17. The first kappa shape index (κ1) is 13.3. The molecule has 0 saturated carbocycles. The number of allylic oxidation sites excluding steroid dienone is 1. The average Bonchev–Trinajstić information content (AvgIpc) is 2.38. The molecule has 0 bridgehead atoms. The zero-order valence-electron chi connectivity index (χ0n) is 11.5. The molecule has 1 aliphatic rings. The van der Waals surface area contributed by atoms with Crippen molar-refractivity contribution >= 4 is 0 Å². The van der Waals surface area contributed by atoms with E-state index >= 15 is 0 Å². The van der Waals surface area contributed by atoms with Gasteiger partial charge in [-0.25, -0.2) is 4.39 Å². The van der Waals surface area contributed by atoms with Gasteiger partial charge in [-0.1, -0.05) is 30.7 Å². The molecule has 1 nitrogen and oxygen atoms in total. The summed E-state index contributed by atoms with van der Waals surface area (Å²) >= 11 is 0. The summed E-state index contributed by atoms with van der Waals surface area (Å²) < 4.78 is 12.9. The van der Waals surface area contributed by atoms with Gasteiger partial charge in [0, 0.05) is 19.1 Å². The monoisotopic (exact) mass is 247 g/mol. The number of likely N-dealkylation sites (tertiary alicyclic amines) is 1. The van der Waals surface area contributed by atoms with E-state index in [-0.39, 0.29) is 5.82 Å². The van der Waals surface area contributed by atoms with Crippen LogP contribution in [-0.2, 0) is 0 Å². The second-order valence-corrected chi connectivity index (χ2v) is 5.41. The van der Waals surface area contributed by atoms with E-state index in [2.05, 4.69) is 31.7 Å². The topological polar surface area (TPSA) is 3.24 Å². The molecule has 0 aromatic heterocycles. The zero-order chi connectivity index (χ0) is 13.1. The second-order valence-electron chi connectivity index (χ2n) is 5.41. The number of halogens is 1. The number of hydrogen-bond acceptors (Lipinski definition) is 1. The van der Waals surface area contributed by atoms with Crippen molar-refractivity contribution in [3.63, 3.8) is 0 Å². The summed E-state index contributed by atoms with van der Waals surface area (Å²) in [6, 6.07) is 7.25. The number of hydrogen-bond donors (Lipinski definition) is 0. The molecule has 1 heterocycles. The van der Waals surface area contributed by atoms with E-state index < -0.39 is 0 Å². The maximum Gasteiger partial charge on any atom is 0.123 e. The molecule has 18 heavy (non-hydrogen) atoms. The summed E-state index contributed by atoms with van der Waals surface area (Å²) in [6.07, 6.45) is 3.45. The molecule has 2 rings (SSSR count). The van der Waals surface area contributed by atoms with Gasteiger partial charge in [0.2, 0.25) is 0 Å². The lowest BCUT2D eigenvalue weighted by atomic mass is 9.93. The van der Waals surface area contributed by atoms with E-state index in [0.29, 0.717) is 12.0 Å². The molecule has 1 aromatic carbocycles. The fourth-order valence-corrected chi connectivity index (χ4v) is 2.76. The van der Waals surface area contributed by atoms with Gasteiger partial charge in [0.15, 0.2) is 0 Å². The van der Waals surface area contributed by atoms with Crippen molar-refractivity contribution in [3.05, 3.63) is 47.3 Å². The first-order chi connectivity index (χ1) is 8.60. The quantitative estimate of drug-likeness (QED) is 0.709. The molecule has 0 unspecified atom stereocenters. The van der Waals surface area contributed by atoms with Gasteiger partial charge in [0.05, 0.1) is 0 Å². The van der Waals surface area contributed by atoms with Crippen molar-refractivity contribution < 1.29 is 4.39 Å². The van der Waals surface area contributed by atoms with E-state index in [1.807, 2.05) is 12.1 Å². The largest absolute Gasteiger partial charge is 0.292 e. The van der Waals surface area contributed by atoms with Gasteiger partial charge < -0.3 is 0 Å². The molecule has 0 N–H and O–H groups in total. The SMILES string of the molecule is C/C=C1\C[C@H](C)CN([C@@H](C)c2ccc(F)cc2)C1. The van der Waals surface area contributed by atoms with Crippen molar-refractivity contribution in [2.75, 3.05) is 13.1 Å². The van der Waals surface area contributed by atoms with Crippen molar-refractivity contribution in [2.45, 2.75) is 33.2 Å². The van der Waals surface area contributed by atoms with E-state index in [1.165, 1.54) is 17.6 Å². The number of rotatable bonds is 2. The van der Waals surface area contributed by atoms with Crippen LogP contribution < -0.4 is 0 Å². The predicted molar refractivity (Wildman–Crippen MR) is 73.9 cm³/mol. The number of nitrogens with zero attached hydrogens (tertiary/aromatic N) is 1. The minimum atomic E-state index is -0.160. The lowest BCUT2D eigenvalue weighted by Crippen LogP contribution is -2.37. The first-order valence-corrected chi connectivity index (χ1v) is 6.73. The Bertz CT molecular complexity index is 421. The fourth-order valence-electron chi connectivity index (χ4n) is 2.76. The summed E-state index contributed by atoms with van der Waals surface area (Å²) in [5.41, 5.74) is 2.71. The van der Waals surface area contributed by atoms with Crippen LogP contribution in [0.25, 0.3) is 0 Å². The highest BCUT2D eigenvalue weighted by Gasteiger charge is 2.24. The van der Waals surface area contributed by atoms with E-state index in [0.717, 1.165) is 13.1 Å². The molecule has 1 saturated heterocycles. The molecule has 98 valence electrons. The normalized spacial score (nSPS) is 25.3. The van der Waals surface area contributed by atoms with Crippen molar-refractivity contribution in [1.29, 1.82) is 0 Å². The highest BCUT2D eigenvalue weighted by molar-refractivity contribution is 5.20. The molecule has 0 spiro atoms. The Morgan fingerprint density at radius 2 is 2.00 bits per heavy atom. The second kappa shape index (κ2) is 5.66. The molecule has 0 radical (unpaired) electrons. The maximum atomic E-state index is 12.9. The molecular formula is C16H22FN. The lowest BCUT2D eigenvalue weighted by molar-refractivity contribution is 0.170. The zero-order valence-corrected chi connectivity index (χ0v) is 11.5. The van der Waals surface area contributed by atoms with Crippen LogP contribution in [0.1, 0.15) is 38.8 Å². The lowest BCUT2D eigenvalue weighted by Gasteiger charge is -2.37. The van der Waals surface area contributed by atoms with Crippen LogP contribution >= 0.6 is 0 Å². The molecule has 1 fully saturated rings.